The highest BCUT2D eigenvalue weighted by Crippen LogP contribution is 2.24. The van der Waals surface area contributed by atoms with Gasteiger partial charge in [0.2, 0.25) is 10.0 Å². The van der Waals surface area contributed by atoms with Gasteiger partial charge in [-0.3, -0.25) is 0 Å². The van der Waals surface area contributed by atoms with Gasteiger partial charge in [0.15, 0.2) is 5.82 Å². The van der Waals surface area contributed by atoms with Crippen LogP contribution in [0, 0.1) is 13.8 Å². The number of aryl methyl sites for hydroxylation is 2. The Hall–Kier alpha value is -1.93. The summed E-state index contributed by atoms with van der Waals surface area (Å²) in [4.78, 5) is 6.70. The summed E-state index contributed by atoms with van der Waals surface area (Å²) in [5.74, 6) is 0.865. The van der Waals surface area contributed by atoms with Gasteiger partial charge in [0.25, 0.3) is 0 Å². The smallest absolute Gasteiger partial charge is 0.322 e. The number of nitrogens with zero attached hydrogens (tertiary/aromatic N) is 4. The van der Waals surface area contributed by atoms with Crippen molar-refractivity contribution in [1.82, 2.24) is 14.4 Å². The van der Waals surface area contributed by atoms with Crippen LogP contribution in [-0.2, 0) is 10.0 Å². The molecule has 2 aromatic rings. The second-order valence-electron chi connectivity index (χ2n) is 6.75. The molecular formula is C17H24N4O3S. The molecule has 0 spiro atoms. The third-order valence-corrected chi connectivity index (χ3v) is 6.46. The SMILES string of the molecule is Cc1ccc(S(=O)(=O)N2CCN(c3nc(C(C)C)no3)CC2)c(C)c1. The van der Waals surface area contributed by atoms with Gasteiger partial charge in [0.05, 0.1) is 4.90 Å². The first-order valence-electron chi connectivity index (χ1n) is 8.45. The van der Waals surface area contributed by atoms with Crippen LogP contribution in [0.1, 0.15) is 36.7 Å². The van der Waals surface area contributed by atoms with Gasteiger partial charge < -0.3 is 9.42 Å². The van der Waals surface area contributed by atoms with Crippen LogP contribution in [-0.4, -0.2) is 49.0 Å². The minimum Gasteiger partial charge on any atom is -0.322 e. The molecule has 0 N–H and O–H groups in total. The predicted octanol–water partition coefficient (Wildman–Crippen LogP) is 2.32. The molecule has 136 valence electrons. The highest BCUT2D eigenvalue weighted by atomic mass is 32.2. The average molecular weight is 364 g/mol. The molecule has 1 aliphatic heterocycles. The Morgan fingerprint density at radius 1 is 1.12 bits per heavy atom. The van der Waals surface area contributed by atoms with Gasteiger partial charge in [0.1, 0.15) is 0 Å². The minimum absolute atomic E-state index is 0.198. The number of hydrogen-bond donors (Lipinski definition) is 0. The fraction of sp³-hybridized carbons (Fsp3) is 0.529. The summed E-state index contributed by atoms with van der Waals surface area (Å²) in [7, 11) is -3.48. The van der Waals surface area contributed by atoms with Gasteiger partial charge in [0, 0.05) is 32.1 Å². The maximum atomic E-state index is 12.9. The van der Waals surface area contributed by atoms with E-state index in [9.17, 15) is 8.42 Å². The van der Waals surface area contributed by atoms with Crippen molar-refractivity contribution in [2.45, 2.75) is 38.5 Å². The maximum Gasteiger partial charge on any atom is 0.324 e. The van der Waals surface area contributed by atoms with Crippen LogP contribution in [0.3, 0.4) is 0 Å². The zero-order valence-corrected chi connectivity index (χ0v) is 15.9. The second kappa shape index (κ2) is 6.76. The lowest BCUT2D eigenvalue weighted by atomic mass is 10.2. The molecular weight excluding hydrogens is 340 g/mol. The molecule has 1 aromatic carbocycles. The molecule has 7 nitrogen and oxygen atoms in total. The van der Waals surface area contributed by atoms with Gasteiger partial charge in [-0.05, 0) is 25.5 Å². The molecule has 25 heavy (non-hydrogen) atoms. The van der Waals surface area contributed by atoms with E-state index in [1.54, 1.807) is 6.07 Å². The Labute approximate surface area is 148 Å². The Balaban J connectivity index is 1.72. The lowest BCUT2D eigenvalue weighted by molar-refractivity contribution is 0.353. The zero-order chi connectivity index (χ0) is 18.2. The number of piperazine rings is 1. The van der Waals surface area contributed by atoms with Crippen LogP contribution in [0.5, 0.6) is 0 Å². The van der Waals surface area contributed by atoms with Crippen molar-refractivity contribution in [2.24, 2.45) is 0 Å². The molecule has 0 atom stereocenters. The van der Waals surface area contributed by atoms with E-state index in [0.29, 0.717) is 42.9 Å². The lowest BCUT2D eigenvalue weighted by Crippen LogP contribution is -2.48. The van der Waals surface area contributed by atoms with E-state index in [1.807, 2.05) is 44.7 Å². The molecule has 0 bridgehead atoms. The highest BCUT2D eigenvalue weighted by Gasteiger charge is 2.31. The molecule has 1 aliphatic rings. The molecule has 3 rings (SSSR count). The lowest BCUT2D eigenvalue weighted by Gasteiger charge is -2.33. The van der Waals surface area contributed by atoms with Crippen molar-refractivity contribution < 1.29 is 12.9 Å². The standard InChI is InChI=1S/C17H24N4O3S/c1-12(2)16-18-17(24-19-16)20-7-9-21(10-8-20)25(22,23)15-6-5-13(3)11-14(15)4/h5-6,11-12H,7-10H2,1-4H3. The first-order valence-corrected chi connectivity index (χ1v) is 9.89. The minimum atomic E-state index is -3.48. The number of anilines is 1. The van der Waals surface area contributed by atoms with Crippen molar-refractivity contribution in [3.63, 3.8) is 0 Å². The van der Waals surface area contributed by atoms with Gasteiger partial charge in [-0.1, -0.05) is 36.7 Å². The van der Waals surface area contributed by atoms with Crippen LogP contribution in [0.15, 0.2) is 27.6 Å². The second-order valence-corrected chi connectivity index (χ2v) is 8.66. The molecule has 2 heterocycles. The molecule has 0 amide bonds. The summed E-state index contributed by atoms with van der Waals surface area (Å²) < 4.78 is 32.7. The molecule has 1 fully saturated rings. The predicted molar refractivity (Wildman–Crippen MR) is 95.3 cm³/mol. The average Bonchev–Trinajstić information content (AvgIpc) is 3.05. The number of benzene rings is 1. The molecule has 0 radical (unpaired) electrons. The van der Waals surface area contributed by atoms with Crippen LogP contribution >= 0.6 is 0 Å². The van der Waals surface area contributed by atoms with Gasteiger partial charge in [-0.2, -0.15) is 9.29 Å². The van der Waals surface area contributed by atoms with Gasteiger partial charge in [-0.15, -0.1) is 0 Å². The molecule has 0 unspecified atom stereocenters. The van der Waals surface area contributed by atoms with E-state index in [2.05, 4.69) is 10.1 Å². The summed E-state index contributed by atoms with van der Waals surface area (Å²) in [6.07, 6.45) is 0. The van der Waals surface area contributed by atoms with E-state index in [4.69, 9.17) is 4.52 Å². The first-order chi connectivity index (χ1) is 11.8. The van der Waals surface area contributed by atoms with E-state index in [1.165, 1.54) is 4.31 Å². The third kappa shape index (κ3) is 3.55. The fourth-order valence-corrected chi connectivity index (χ4v) is 4.56. The van der Waals surface area contributed by atoms with Crippen LogP contribution in [0.2, 0.25) is 0 Å². The van der Waals surface area contributed by atoms with Crippen LogP contribution in [0.25, 0.3) is 0 Å². The summed E-state index contributed by atoms with van der Waals surface area (Å²) >= 11 is 0. The highest BCUT2D eigenvalue weighted by molar-refractivity contribution is 7.89. The topological polar surface area (TPSA) is 79.5 Å². The Morgan fingerprint density at radius 3 is 2.36 bits per heavy atom. The fourth-order valence-electron chi connectivity index (χ4n) is 2.94. The summed E-state index contributed by atoms with van der Waals surface area (Å²) in [5.41, 5.74) is 1.83. The van der Waals surface area contributed by atoms with Gasteiger partial charge >= 0.3 is 6.01 Å². The third-order valence-electron chi connectivity index (χ3n) is 4.40. The van der Waals surface area contributed by atoms with Crippen molar-refractivity contribution >= 4 is 16.0 Å². The largest absolute Gasteiger partial charge is 0.324 e. The van der Waals surface area contributed by atoms with E-state index in [-0.39, 0.29) is 5.92 Å². The Morgan fingerprint density at radius 2 is 1.80 bits per heavy atom. The molecule has 1 aromatic heterocycles. The monoisotopic (exact) mass is 364 g/mol. The van der Waals surface area contributed by atoms with E-state index >= 15 is 0 Å². The number of rotatable bonds is 4. The van der Waals surface area contributed by atoms with Crippen LogP contribution < -0.4 is 4.90 Å². The van der Waals surface area contributed by atoms with Crippen molar-refractivity contribution in [1.29, 1.82) is 0 Å². The molecule has 1 saturated heterocycles. The Kier molecular flexibility index (Phi) is 4.83. The summed E-state index contributed by atoms with van der Waals surface area (Å²) in [6, 6.07) is 5.89. The summed E-state index contributed by atoms with van der Waals surface area (Å²) in [6.45, 7) is 9.66. The van der Waals surface area contributed by atoms with Gasteiger partial charge in [-0.25, -0.2) is 8.42 Å². The summed E-state index contributed by atoms with van der Waals surface area (Å²) in [5, 5.41) is 3.97. The number of aromatic nitrogens is 2. The molecule has 8 heteroatoms. The van der Waals surface area contributed by atoms with E-state index in [0.717, 1.165) is 11.1 Å². The Bertz CT molecular complexity index is 853. The van der Waals surface area contributed by atoms with Crippen molar-refractivity contribution in [3.8, 4) is 0 Å². The first kappa shape index (κ1) is 17.9. The number of hydrogen-bond acceptors (Lipinski definition) is 6. The maximum absolute atomic E-state index is 12.9. The molecule has 0 aliphatic carbocycles. The van der Waals surface area contributed by atoms with Crippen molar-refractivity contribution in [3.05, 3.63) is 35.2 Å². The van der Waals surface area contributed by atoms with Crippen LogP contribution in [0.4, 0.5) is 6.01 Å². The number of sulfonamides is 1. The quantitative estimate of drug-likeness (QED) is 0.828. The zero-order valence-electron chi connectivity index (χ0n) is 15.1. The normalized spacial score (nSPS) is 16.6. The molecule has 0 saturated carbocycles. The van der Waals surface area contributed by atoms with Crippen molar-refractivity contribution in [2.75, 3.05) is 31.1 Å². The van der Waals surface area contributed by atoms with E-state index < -0.39 is 10.0 Å².